The predicted molar refractivity (Wildman–Crippen MR) is 78.9 cm³/mol. The maximum Gasteiger partial charge on any atom is 0.143 e. The van der Waals surface area contributed by atoms with Crippen LogP contribution in [-0.2, 0) is 0 Å². The smallest absolute Gasteiger partial charge is 0.143 e. The maximum absolute atomic E-state index is 5.76. The highest BCUT2D eigenvalue weighted by atomic mass is 16.5. The number of nitrogens with one attached hydrogen (secondary N) is 1. The third-order valence-corrected chi connectivity index (χ3v) is 2.64. The van der Waals surface area contributed by atoms with E-state index in [9.17, 15) is 0 Å². The van der Waals surface area contributed by atoms with Crippen LogP contribution in [0.25, 0.3) is 0 Å². The molecule has 0 bridgehead atoms. The summed E-state index contributed by atoms with van der Waals surface area (Å²) in [6.45, 7) is 5.89. The summed E-state index contributed by atoms with van der Waals surface area (Å²) < 4.78 is 5.76. The molecule has 0 fully saturated rings. The van der Waals surface area contributed by atoms with Crippen molar-refractivity contribution < 1.29 is 4.74 Å². The summed E-state index contributed by atoms with van der Waals surface area (Å²) in [6, 6.07) is 11.5. The normalized spacial score (nSPS) is 10.5. The first-order valence-corrected chi connectivity index (χ1v) is 6.32. The number of ether oxygens (including phenoxy) is 1. The molecule has 0 aliphatic carbocycles. The molecular formula is C15H19N3O. The van der Waals surface area contributed by atoms with E-state index in [1.807, 2.05) is 57.2 Å². The number of nitrogens with zero attached hydrogens (tertiary/aromatic N) is 1. The lowest BCUT2D eigenvalue weighted by molar-refractivity contribution is 0.244. The first-order valence-electron chi connectivity index (χ1n) is 6.32. The minimum Gasteiger partial charge on any atom is -0.489 e. The SMILES string of the molecule is Cc1nc(Nc2ccccc2OC(C)C)ccc1N. The highest BCUT2D eigenvalue weighted by Gasteiger charge is 2.06. The number of nitrogen functional groups attached to an aromatic ring is 1. The van der Waals surface area contributed by atoms with Crippen molar-refractivity contribution in [1.82, 2.24) is 4.98 Å². The van der Waals surface area contributed by atoms with Crippen LogP contribution < -0.4 is 15.8 Å². The average Bonchev–Trinajstić information content (AvgIpc) is 2.36. The number of rotatable bonds is 4. The number of benzene rings is 1. The fourth-order valence-electron chi connectivity index (χ4n) is 1.71. The molecular weight excluding hydrogens is 238 g/mol. The molecule has 0 spiro atoms. The molecule has 1 aromatic carbocycles. The lowest BCUT2D eigenvalue weighted by Gasteiger charge is -2.15. The van der Waals surface area contributed by atoms with Crippen molar-refractivity contribution in [3.05, 3.63) is 42.1 Å². The van der Waals surface area contributed by atoms with E-state index in [1.165, 1.54) is 0 Å². The second-order valence-corrected chi connectivity index (χ2v) is 4.66. The van der Waals surface area contributed by atoms with Crippen LogP contribution in [0.1, 0.15) is 19.5 Å². The summed E-state index contributed by atoms with van der Waals surface area (Å²) in [7, 11) is 0. The van der Waals surface area contributed by atoms with Gasteiger partial charge in [-0.3, -0.25) is 0 Å². The third-order valence-electron chi connectivity index (χ3n) is 2.64. The van der Waals surface area contributed by atoms with Gasteiger partial charge in [0.15, 0.2) is 0 Å². The minimum absolute atomic E-state index is 0.129. The molecule has 100 valence electrons. The summed E-state index contributed by atoms with van der Waals surface area (Å²) in [6.07, 6.45) is 0.129. The molecule has 0 aliphatic rings. The van der Waals surface area contributed by atoms with Crippen LogP contribution in [0.5, 0.6) is 5.75 Å². The zero-order chi connectivity index (χ0) is 13.8. The van der Waals surface area contributed by atoms with Crippen LogP contribution in [0, 0.1) is 6.92 Å². The number of anilines is 3. The topological polar surface area (TPSA) is 60.2 Å². The number of hydrogen-bond donors (Lipinski definition) is 2. The van der Waals surface area contributed by atoms with Crippen molar-refractivity contribution >= 4 is 17.2 Å². The average molecular weight is 257 g/mol. The number of nitrogens with two attached hydrogens (primary N) is 1. The number of aryl methyl sites for hydroxylation is 1. The van der Waals surface area contributed by atoms with Crippen molar-refractivity contribution in [2.24, 2.45) is 0 Å². The van der Waals surface area contributed by atoms with Gasteiger partial charge >= 0.3 is 0 Å². The summed E-state index contributed by atoms with van der Waals surface area (Å²) in [5, 5.41) is 3.25. The standard InChI is InChI=1S/C15H19N3O/c1-10(2)19-14-7-5-4-6-13(14)18-15-9-8-12(16)11(3)17-15/h4-10H,16H2,1-3H3,(H,17,18). The molecule has 3 N–H and O–H groups in total. The van der Waals surface area contributed by atoms with Gasteiger partial charge < -0.3 is 15.8 Å². The van der Waals surface area contributed by atoms with Gasteiger partial charge in [-0.25, -0.2) is 4.98 Å². The number of pyridine rings is 1. The Kier molecular flexibility index (Phi) is 3.90. The minimum atomic E-state index is 0.129. The van der Waals surface area contributed by atoms with E-state index in [4.69, 9.17) is 10.5 Å². The zero-order valence-electron chi connectivity index (χ0n) is 11.5. The van der Waals surface area contributed by atoms with Crippen molar-refractivity contribution in [1.29, 1.82) is 0 Å². The van der Waals surface area contributed by atoms with Gasteiger partial charge in [0.2, 0.25) is 0 Å². The number of hydrogen-bond acceptors (Lipinski definition) is 4. The Morgan fingerprint density at radius 3 is 2.58 bits per heavy atom. The molecule has 0 amide bonds. The van der Waals surface area contributed by atoms with Crippen LogP contribution in [0.3, 0.4) is 0 Å². The Labute approximate surface area is 113 Å². The maximum atomic E-state index is 5.76. The molecule has 1 aromatic heterocycles. The van der Waals surface area contributed by atoms with Gasteiger partial charge in [0, 0.05) is 0 Å². The Morgan fingerprint density at radius 1 is 1.16 bits per heavy atom. The highest BCUT2D eigenvalue weighted by molar-refractivity contribution is 5.65. The molecule has 4 heteroatoms. The van der Waals surface area contributed by atoms with Gasteiger partial charge in [-0.15, -0.1) is 0 Å². The quantitative estimate of drug-likeness (QED) is 0.880. The van der Waals surface area contributed by atoms with Crippen molar-refractivity contribution in [3.8, 4) is 5.75 Å². The van der Waals surface area contributed by atoms with Crippen molar-refractivity contribution in [2.45, 2.75) is 26.9 Å². The fraction of sp³-hybridized carbons (Fsp3) is 0.267. The van der Waals surface area contributed by atoms with Crippen LogP contribution in [0.2, 0.25) is 0 Å². The van der Waals surface area contributed by atoms with Gasteiger partial charge in [-0.05, 0) is 45.0 Å². The largest absolute Gasteiger partial charge is 0.489 e. The van der Waals surface area contributed by atoms with E-state index in [0.29, 0.717) is 5.69 Å². The fourth-order valence-corrected chi connectivity index (χ4v) is 1.71. The molecule has 0 saturated carbocycles. The van der Waals surface area contributed by atoms with Crippen LogP contribution in [0.4, 0.5) is 17.2 Å². The van der Waals surface area contributed by atoms with E-state index in [2.05, 4.69) is 10.3 Å². The Bertz CT molecular complexity index is 567. The van der Waals surface area contributed by atoms with E-state index >= 15 is 0 Å². The molecule has 1 heterocycles. The van der Waals surface area contributed by atoms with Gasteiger partial charge in [-0.2, -0.15) is 0 Å². The van der Waals surface area contributed by atoms with Crippen molar-refractivity contribution in [2.75, 3.05) is 11.1 Å². The second-order valence-electron chi connectivity index (χ2n) is 4.66. The van der Waals surface area contributed by atoms with Crippen LogP contribution in [-0.4, -0.2) is 11.1 Å². The summed E-state index contributed by atoms with van der Waals surface area (Å²) in [5.41, 5.74) is 8.16. The molecule has 0 saturated heterocycles. The molecule has 2 rings (SSSR count). The Hall–Kier alpha value is -2.23. The lowest BCUT2D eigenvalue weighted by Crippen LogP contribution is -2.07. The van der Waals surface area contributed by atoms with E-state index in [1.54, 1.807) is 0 Å². The van der Waals surface area contributed by atoms with E-state index < -0.39 is 0 Å². The number of aromatic nitrogens is 1. The molecule has 0 aliphatic heterocycles. The Balaban J connectivity index is 2.25. The summed E-state index contributed by atoms with van der Waals surface area (Å²) in [5.74, 6) is 1.57. The third kappa shape index (κ3) is 3.37. The van der Waals surface area contributed by atoms with Crippen LogP contribution in [0.15, 0.2) is 36.4 Å². The molecule has 0 unspecified atom stereocenters. The van der Waals surface area contributed by atoms with E-state index in [0.717, 1.165) is 22.9 Å². The van der Waals surface area contributed by atoms with Gasteiger partial charge in [0.25, 0.3) is 0 Å². The first kappa shape index (κ1) is 13.2. The van der Waals surface area contributed by atoms with Gasteiger partial charge in [0.1, 0.15) is 11.6 Å². The van der Waals surface area contributed by atoms with Gasteiger partial charge in [0.05, 0.1) is 23.2 Å². The lowest BCUT2D eigenvalue weighted by atomic mass is 10.2. The summed E-state index contributed by atoms with van der Waals surface area (Å²) in [4.78, 5) is 4.40. The molecule has 4 nitrogen and oxygen atoms in total. The molecule has 0 radical (unpaired) electrons. The summed E-state index contributed by atoms with van der Waals surface area (Å²) >= 11 is 0. The van der Waals surface area contributed by atoms with Gasteiger partial charge in [-0.1, -0.05) is 12.1 Å². The number of para-hydroxylation sites is 2. The first-order chi connectivity index (χ1) is 9.06. The Morgan fingerprint density at radius 2 is 1.89 bits per heavy atom. The molecule has 2 aromatic rings. The van der Waals surface area contributed by atoms with E-state index in [-0.39, 0.29) is 6.10 Å². The van der Waals surface area contributed by atoms with Crippen LogP contribution >= 0.6 is 0 Å². The van der Waals surface area contributed by atoms with Crippen molar-refractivity contribution in [3.63, 3.8) is 0 Å². The monoisotopic (exact) mass is 257 g/mol. The predicted octanol–water partition coefficient (Wildman–Crippen LogP) is 3.50. The molecule has 19 heavy (non-hydrogen) atoms. The molecule has 0 atom stereocenters. The zero-order valence-corrected chi connectivity index (χ0v) is 11.5. The highest BCUT2D eigenvalue weighted by Crippen LogP contribution is 2.28. The second kappa shape index (κ2) is 5.61.